The molecule has 142 valence electrons. The molecular formula is C21H31N3O2. The molecule has 2 atom stereocenters. The van der Waals surface area contributed by atoms with Gasteiger partial charge >= 0.3 is 0 Å². The number of fused-ring (bicyclic) bond motifs is 1. The molecule has 0 amide bonds. The van der Waals surface area contributed by atoms with Crippen molar-refractivity contribution in [2.24, 2.45) is 0 Å². The second kappa shape index (κ2) is 7.59. The molecule has 4 rings (SSSR count). The predicted octanol–water partition coefficient (Wildman–Crippen LogP) is 3.25. The van der Waals surface area contributed by atoms with Crippen LogP contribution < -0.4 is 4.74 Å². The summed E-state index contributed by atoms with van der Waals surface area (Å²) < 4.78 is 11.2. The Morgan fingerprint density at radius 1 is 1.12 bits per heavy atom. The van der Waals surface area contributed by atoms with Crippen LogP contribution in [0.5, 0.6) is 5.75 Å². The van der Waals surface area contributed by atoms with Crippen molar-refractivity contribution in [3.63, 3.8) is 0 Å². The Kier molecular flexibility index (Phi) is 5.20. The van der Waals surface area contributed by atoms with Crippen LogP contribution in [0.15, 0.2) is 24.3 Å². The van der Waals surface area contributed by atoms with Crippen molar-refractivity contribution >= 4 is 10.9 Å². The van der Waals surface area contributed by atoms with Crippen LogP contribution in [0.4, 0.5) is 0 Å². The molecule has 2 saturated heterocycles. The average Bonchev–Trinajstić information content (AvgIpc) is 3.02. The van der Waals surface area contributed by atoms with Gasteiger partial charge in [0.2, 0.25) is 0 Å². The van der Waals surface area contributed by atoms with Crippen LogP contribution in [0.3, 0.4) is 0 Å². The lowest BCUT2D eigenvalue weighted by Gasteiger charge is -2.43. The highest BCUT2D eigenvalue weighted by molar-refractivity contribution is 5.81. The van der Waals surface area contributed by atoms with E-state index in [0.29, 0.717) is 18.2 Å². The van der Waals surface area contributed by atoms with Crippen molar-refractivity contribution in [3.05, 3.63) is 30.0 Å². The highest BCUT2D eigenvalue weighted by Gasteiger charge is 2.30. The molecule has 2 aliphatic heterocycles. The molecule has 5 nitrogen and oxygen atoms in total. The number of methoxy groups -OCH3 is 1. The van der Waals surface area contributed by atoms with Crippen molar-refractivity contribution in [3.8, 4) is 5.75 Å². The van der Waals surface area contributed by atoms with Crippen molar-refractivity contribution in [1.82, 2.24) is 14.8 Å². The molecule has 26 heavy (non-hydrogen) atoms. The number of nitrogens with one attached hydrogen (secondary N) is 1. The molecule has 1 aromatic carbocycles. The van der Waals surface area contributed by atoms with Gasteiger partial charge in [-0.15, -0.1) is 0 Å². The number of hydrogen-bond acceptors (Lipinski definition) is 4. The molecule has 0 bridgehead atoms. The lowest BCUT2D eigenvalue weighted by atomic mass is 10.0. The molecule has 0 aliphatic carbocycles. The smallest absolute Gasteiger partial charge is 0.119 e. The molecule has 0 spiro atoms. The fourth-order valence-corrected chi connectivity index (χ4v) is 4.58. The molecule has 1 N–H and O–H groups in total. The second-order valence-corrected chi connectivity index (χ2v) is 7.97. The van der Waals surface area contributed by atoms with Gasteiger partial charge in [-0.05, 0) is 51.0 Å². The van der Waals surface area contributed by atoms with Crippen LogP contribution in [-0.4, -0.2) is 66.3 Å². The minimum atomic E-state index is 0.361. The van der Waals surface area contributed by atoms with Crippen molar-refractivity contribution in [1.29, 1.82) is 0 Å². The van der Waals surface area contributed by atoms with Crippen LogP contribution in [0, 0.1) is 0 Å². The van der Waals surface area contributed by atoms with Crippen LogP contribution in [0.1, 0.15) is 32.4 Å². The van der Waals surface area contributed by atoms with Gasteiger partial charge in [0, 0.05) is 55.4 Å². The fourth-order valence-electron chi connectivity index (χ4n) is 4.58. The quantitative estimate of drug-likeness (QED) is 0.912. The number of likely N-dealkylation sites (tertiary alicyclic amines) is 1. The SMILES string of the molecule is COc1ccc2[nH]c(CN3CCC(N4C[C@H](C)O[C@@H](C)C4)CC3)cc2c1. The number of hydrogen-bond donors (Lipinski definition) is 1. The van der Waals surface area contributed by atoms with Crippen molar-refractivity contribution < 1.29 is 9.47 Å². The number of aromatic nitrogens is 1. The first-order valence-corrected chi connectivity index (χ1v) is 9.88. The minimum Gasteiger partial charge on any atom is -0.497 e. The summed E-state index contributed by atoms with van der Waals surface area (Å²) in [7, 11) is 1.72. The standard InChI is InChI=1S/C21H31N3O2/c1-15-12-24(13-16(2)26-15)19-6-8-23(9-7-19)14-18-10-17-11-20(25-3)4-5-21(17)22-18/h4-5,10-11,15-16,19,22H,6-9,12-14H2,1-3H3/t15-,16-/m0/s1. The van der Waals surface area contributed by atoms with E-state index < -0.39 is 0 Å². The third kappa shape index (κ3) is 3.90. The molecular weight excluding hydrogens is 326 g/mol. The number of ether oxygens (including phenoxy) is 2. The molecule has 2 fully saturated rings. The van der Waals surface area contributed by atoms with Gasteiger partial charge in [-0.2, -0.15) is 0 Å². The van der Waals surface area contributed by atoms with Crippen LogP contribution in [0.2, 0.25) is 0 Å². The first-order chi connectivity index (χ1) is 12.6. The summed E-state index contributed by atoms with van der Waals surface area (Å²) in [5.74, 6) is 0.915. The predicted molar refractivity (Wildman–Crippen MR) is 105 cm³/mol. The maximum Gasteiger partial charge on any atom is 0.119 e. The average molecular weight is 357 g/mol. The zero-order chi connectivity index (χ0) is 18.1. The number of benzene rings is 1. The van der Waals surface area contributed by atoms with E-state index in [1.54, 1.807) is 7.11 Å². The summed E-state index contributed by atoms with van der Waals surface area (Å²) in [6.45, 7) is 9.90. The van der Waals surface area contributed by atoms with E-state index in [1.807, 2.05) is 6.07 Å². The van der Waals surface area contributed by atoms with Gasteiger partial charge in [-0.25, -0.2) is 0 Å². The van der Waals surface area contributed by atoms with Gasteiger partial charge < -0.3 is 14.5 Å². The Hall–Kier alpha value is -1.56. The zero-order valence-corrected chi connectivity index (χ0v) is 16.2. The third-order valence-electron chi connectivity index (χ3n) is 5.80. The Morgan fingerprint density at radius 2 is 1.85 bits per heavy atom. The highest BCUT2D eigenvalue weighted by atomic mass is 16.5. The van der Waals surface area contributed by atoms with E-state index in [0.717, 1.165) is 25.4 Å². The van der Waals surface area contributed by atoms with Gasteiger partial charge in [0.25, 0.3) is 0 Å². The van der Waals surface area contributed by atoms with Gasteiger partial charge in [0.15, 0.2) is 0 Å². The van der Waals surface area contributed by atoms with Gasteiger partial charge in [0.1, 0.15) is 5.75 Å². The summed E-state index contributed by atoms with van der Waals surface area (Å²) in [4.78, 5) is 8.79. The van der Waals surface area contributed by atoms with E-state index in [2.05, 4.69) is 46.8 Å². The Bertz CT molecular complexity index is 726. The molecule has 2 aliphatic rings. The van der Waals surface area contributed by atoms with E-state index in [9.17, 15) is 0 Å². The largest absolute Gasteiger partial charge is 0.497 e. The Labute approximate surface area is 156 Å². The Morgan fingerprint density at radius 3 is 2.54 bits per heavy atom. The number of piperidine rings is 1. The van der Waals surface area contributed by atoms with E-state index >= 15 is 0 Å². The first kappa shape index (κ1) is 17.8. The molecule has 1 aromatic heterocycles. The molecule has 2 aromatic rings. The van der Waals surface area contributed by atoms with Crippen molar-refractivity contribution in [2.75, 3.05) is 33.3 Å². The number of aromatic amines is 1. The summed E-state index contributed by atoms with van der Waals surface area (Å²) >= 11 is 0. The topological polar surface area (TPSA) is 40.7 Å². The Balaban J connectivity index is 1.33. The monoisotopic (exact) mass is 357 g/mol. The van der Waals surface area contributed by atoms with Crippen LogP contribution in [0.25, 0.3) is 10.9 Å². The van der Waals surface area contributed by atoms with E-state index in [4.69, 9.17) is 9.47 Å². The first-order valence-electron chi connectivity index (χ1n) is 9.88. The second-order valence-electron chi connectivity index (χ2n) is 7.97. The summed E-state index contributed by atoms with van der Waals surface area (Å²) in [6.07, 6.45) is 3.24. The number of morpholine rings is 1. The fraction of sp³-hybridized carbons (Fsp3) is 0.619. The van der Waals surface area contributed by atoms with E-state index in [-0.39, 0.29) is 0 Å². The lowest BCUT2D eigenvalue weighted by Crippen LogP contribution is -2.53. The summed E-state index contributed by atoms with van der Waals surface area (Å²) in [5.41, 5.74) is 2.48. The zero-order valence-electron chi connectivity index (χ0n) is 16.2. The maximum atomic E-state index is 5.89. The molecule has 0 unspecified atom stereocenters. The molecule has 0 saturated carbocycles. The lowest BCUT2D eigenvalue weighted by molar-refractivity contribution is -0.0866. The van der Waals surface area contributed by atoms with Crippen LogP contribution >= 0.6 is 0 Å². The molecule has 3 heterocycles. The number of rotatable bonds is 4. The van der Waals surface area contributed by atoms with Gasteiger partial charge in [-0.3, -0.25) is 9.80 Å². The highest BCUT2D eigenvalue weighted by Crippen LogP contribution is 2.25. The van der Waals surface area contributed by atoms with Crippen LogP contribution in [-0.2, 0) is 11.3 Å². The number of nitrogens with zero attached hydrogens (tertiary/aromatic N) is 2. The van der Waals surface area contributed by atoms with Crippen molar-refractivity contribution in [2.45, 2.75) is 51.5 Å². The van der Waals surface area contributed by atoms with Gasteiger partial charge in [0.05, 0.1) is 19.3 Å². The minimum absolute atomic E-state index is 0.361. The molecule has 5 heteroatoms. The van der Waals surface area contributed by atoms with Gasteiger partial charge in [-0.1, -0.05) is 0 Å². The molecule has 0 radical (unpaired) electrons. The third-order valence-corrected chi connectivity index (χ3v) is 5.80. The maximum absolute atomic E-state index is 5.89. The summed E-state index contributed by atoms with van der Waals surface area (Å²) in [5, 5.41) is 1.23. The normalized spacial score (nSPS) is 26.4. The van der Waals surface area contributed by atoms with E-state index in [1.165, 1.54) is 42.5 Å². The number of H-pyrrole nitrogens is 1. The summed E-state index contributed by atoms with van der Waals surface area (Å²) in [6, 6.07) is 9.19.